The minimum Gasteiger partial charge on any atom is -0.383 e. The second-order valence-corrected chi connectivity index (χ2v) is 6.07. The highest BCUT2D eigenvalue weighted by molar-refractivity contribution is 8.04. The average molecular weight is 345 g/mol. The first-order valence-corrected chi connectivity index (χ1v) is 8.54. The quantitative estimate of drug-likeness (QED) is 0.595. The molecule has 7 heteroatoms. The Bertz CT molecular complexity index is 667. The minimum absolute atomic E-state index is 0.0185. The van der Waals surface area contributed by atoms with E-state index in [2.05, 4.69) is 5.32 Å². The number of hydrogen-bond acceptors (Lipinski definition) is 5. The standard InChI is InChI=1S/C17H19N3O3S/c1-23-10-9-20-15(21)12-24-17(20)14(11-18)16(22)19-8-7-13-5-3-2-4-6-13/h2-6H,7-10,12H2,1H3,(H,19,22)/b17-14+. The molecule has 1 aromatic carbocycles. The molecule has 126 valence electrons. The van der Waals surface area contributed by atoms with E-state index in [0.29, 0.717) is 31.1 Å². The number of nitrogens with zero attached hydrogens (tertiary/aromatic N) is 2. The van der Waals surface area contributed by atoms with Crippen molar-refractivity contribution in [2.75, 3.05) is 32.6 Å². The lowest BCUT2D eigenvalue weighted by Gasteiger charge is -2.17. The molecule has 1 heterocycles. The number of amides is 2. The molecular weight excluding hydrogens is 326 g/mol. The van der Waals surface area contributed by atoms with Crippen molar-refractivity contribution in [3.8, 4) is 6.07 Å². The van der Waals surface area contributed by atoms with Gasteiger partial charge in [-0.25, -0.2) is 0 Å². The zero-order valence-corrected chi connectivity index (χ0v) is 14.3. The van der Waals surface area contributed by atoms with Gasteiger partial charge in [0, 0.05) is 20.2 Å². The van der Waals surface area contributed by atoms with E-state index in [1.165, 1.54) is 16.7 Å². The molecule has 1 N–H and O–H groups in total. The van der Waals surface area contributed by atoms with Crippen LogP contribution in [0.2, 0.25) is 0 Å². The van der Waals surface area contributed by atoms with Gasteiger partial charge >= 0.3 is 0 Å². The van der Waals surface area contributed by atoms with E-state index >= 15 is 0 Å². The summed E-state index contributed by atoms with van der Waals surface area (Å²) in [5, 5.41) is 12.5. The molecule has 1 saturated heterocycles. The predicted octanol–water partition coefficient (Wildman–Crippen LogP) is 1.30. The van der Waals surface area contributed by atoms with E-state index in [9.17, 15) is 14.9 Å². The van der Waals surface area contributed by atoms with Gasteiger partial charge in [0.05, 0.1) is 12.4 Å². The third kappa shape index (κ3) is 4.60. The molecule has 0 unspecified atom stereocenters. The Morgan fingerprint density at radius 1 is 1.42 bits per heavy atom. The van der Waals surface area contributed by atoms with Gasteiger partial charge in [-0.3, -0.25) is 9.59 Å². The van der Waals surface area contributed by atoms with Crippen LogP contribution in [0, 0.1) is 11.3 Å². The van der Waals surface area contributed by atoms with Crippen LogP contribution in [-0.4, -0.2) is 49.3 Å². The van der Waals surface area contributed by atoms with Gasteiger partial charge in [-0.1, -0.05) is 42.1 Å². The van der Waals surface area contributed by atoms with Gasteiger partial charge < -0.3 is 15.0 Å². The molecule has 0 bridgehead atoms. The van der Waals surface area contributed by atoms with E-state index in [4.69, 9.17) is 4.74 Å². The third-order valence-corrected chi connectivity index (χ3v) is 4.58. The normalized spacial score (nSPS) is 16.0. The van der Waals surface area contributed by atoms with Crippen LogP contribution in [0.5, 0.6) is 0 Å². The molecule has 0 aliphatic carbocycles. The number of carbonyl (C=O) groups excluding carboxylic acids is 2. The van der Waals surface area contributed by atoms with Crippen LogP contribution in [-0.2, 0) is 20.7 Å². The van der Waals surface area contributed by atoms with Crippen molar-refractivity contribution in [1.29, 1.82) is 5.26 Å². The summed E-state index contributed by atoms with van der Waals surface area (Å²) in [6.45, 7) is 1.11. The summed E-state index contributed by atoms with van der Waals surface area (Å²) in [6.07, 6.45) is 0.681. The lowest BCUT2D eigenvalue weighted by Crippen LogP contribution is -2.32. The topological polar surface area (TPSA) is 82.4 Å². The number of rotatable bonds is 7. The molecule has 0 radical (unpaired) electrons. The molecule has 0 aromatic heterocycles. The molecule has 0 atom stereocenters. The fourth-order valence-corrected chi connectivity index (χ4v) is 3.31. The smallest absolute Gasteiger partial charge is 0.264 e. The van der Waals surface area contributed by atoms with Crippen molar-refractivity contribution in [2.45, 2.75) is 6.42 Å². The van der Waals surface area contributed by atoms with Crippen LogP contribution in [0.25, 0.3) is 0 Å². The van der Waals surface area contributed by atoms with Crippen molar-refractivity contribution >= 4 is 23.6 Å². The van der Waals surface area contributed by atoms with Crippen molar-refractivity contribution in [3.05, 3.63) is 46.5 Å². The number of carbonyl (C=O) groups is 2. The van der Waals surface area contributed by atoms with Crippen LogP contribution >= 0.6 is 11.8 Å². The Hall–Kier alpha value is -2.30. The van der Waals surface area contributed by atoms with Crippen LogP contribution in [0.1, 0.15) is 5.56 Å². The molecule has 1 aromatic rings. The summed E-state index contributed by atoms with van der Waals surface area (Å²) in [4.78, 5) is 25.7. The molecule has 1 aliphatic heterocycles. The van der Waals surface area contributed by atoms with Crippen LogP contribution in [0.15, 0.2) is 40.9 Å². The maximum atomic E-state index is 12.3. The highest BCUT2D eigenvalue weighted by Gasteiger charge is 2.31. The monoisotopic (exact) mass is 345 g/mol. The maximum Gasteiger partial charge on any atom is 0.264 e. The zero-order chi connectivity index (χ0) is 17.4. The Morgan fingerprint density at radius 2 is 2.17 bits per heavy atom. The fourth-order valence-electron chi connectivity index (χ4n) is 2.26. The molecule has 0 saturated carbocycles. The molecule has 2 rings (SSSR count). The largest absolute Gasteiger partial charge is 0.383 e. The van der Waals surface area contributed by atoms with E-state index in [1.807, 2.05) is 36.4 Å². The van der Waals surface area contributed by atoms with Gasteiger partial charge in [0.2, 0.25) is 5.91 Å². The number of thioether (sulfide) groups is 1. The summed E-state index contributed by atoms with van der Waals surface area (Å²) < 4.78 is 4.98. The first-order valence-electron chi connectivity index (χ1n) is 7.56. The fraction of sp³-hybridized carbons (Fsp3) is 0.353. The summed E-state index contributed by atoms with van der Waals surface area (Å²) in [5.74, 6) is -0.327. The van der Waals surface area contributed by atoms with Crippen molar-refractivity contribution in [2.24, 2.45) is 0 Å². The van der Waals surface area contributed by atoms with Gasteiger partial charge in [-0.2, -0.15) is 5.26 Å². The van der Waals surface area contributed by atoms with Crippen molar-refractivity contribution in [3.63, 3.8) is 0 Å². The van der Waals surface area contributed by atoms with Gasteiger partial charge in [-0.05, 0) is 12.0 Å². The van der Waals surface area contributed by atoms with Gasteiger partial charge in [-0.15, -0.1) is 0 Å². The number of nitrogens with one attached hydrogen (secondary N) is 1. The first-order chi connectivity index (χ1) is 11.7. The second kappa shape index (κ2) is 9.11. The number of hydrogen-bond donors (Lipinski definition) is 1. The van der Waals surface area contributed by atoms with E-state index < -0.39 is 5.91 Å². The SMILES string of the molecule is COCCN1C(=O)CS/C1=C(\C#N)C(=O)NCCc1ccccc1. The van der Waals surface area contributed by atoms with Crippen LogP contribution in [0.4, 0.5) is 0 Å². The molecule has 0 spiro atoms. The third-order valence-electron chi connectivity index (χ3n) is 3.49. The highest BCUT2D eigenvalue weighted by atomic mass is 32.2. The first kappa shape index (κ1) is 18.0. The molecular formula is C17H19N3O3S. The maximum absolute atomic E-state index is 12.3. The van der Waals surface area contributed by atoms with Gasteiger partial charge in [0.1, 0.15) is 16.7 Å². The summed E-state index contributed by atoms with van der Waals surface area (Å²) in [7, 11) is 1.54. The summed E-state index contributed by atoms with van der Waals surface area (Å²) in [6, 6.07) is 11.7. The molecule has 6 nitrogen and oxygen atoms in total. The lowest BCUT2D eigenvalue weighted by molar-refractivity contribution is -0.125. The Balaban J connectivity index is 2.02. The number of methoxy groups -OCH3 is 1. The molecule has 2 amide bonds. The minimum atomic E-state index is -0.451. The van der Waals surface area contributed by atoms with Gasteiger partial charge in [0.25, 0.3) is 5.91 Å². The Morgan fingerprint density at radius 3 is 2.83 bits per heavy atom. The molecule has 1 aliphatic rings. The predicted molar refractivity (Wildman–Crippen MR) is 91.8 cm³/mol. The number of nitriles is 1. The van der Waals surface area contributed by atoms with E-state index in [-0.39, 0.29) is 17.2 Å². The Kier molecular flexibility index (Phi) is 6.85. The van der Waals surface area contributed by atoms with E-state index in [0.717, 1.165) is 5.56 Å². The van der Waals surface area contributed by atoms with E-state index in [1.54, 1.807) is 7.11 Å². The summed E-state index contributed by atoms with van der Waals surface area (Å²) in [5.41, 5.74) is 1.09. The zero-order valence-electron chi connectivity index (χ0n) is 13.4. The number of benzene rings is 1. The Labute approximate surface area is 145 Å². The molecule has 24 heavy (non-hydrogen) atoms. The van der Waals surface area contributed by atoms with Crippen LogP contribution < -0.4 is 5.32 Å². The lowest BCUT2D eigenvalue weighted by atomic mass is 10.1. The van der Waals surface area contributed by atoms with Gasteiger partial charge in [0.15, 0.2) is 0 Å². The summed E-state index contributed by atoms with van der Waals surface area (Å²) >= 11 is 1.22. The van der Waals surface area contributed by atoms with Crippen LogP contribution in [0.3, 0.4) is 0 Å². The van der Waals surface area contributed by atoms with Crippen molar-refractivity contribution in [1.82, 2.24) is 10.2 Å². The second-order valence-electron chi connectivity index (χ2n) is 5.11. The highest BCUT2D eigenvalue weighted by Crippen LogP contribution is 2.31. The van der Waals surface area contributed by atoms with Crippen molar-refractivity contribution < 1.29 is 14.3 Å². The molecule has 1 fully saturated rings. The average Bonchev–Trinajstić information content (AvgIpc) is 2.95. The number of ether oxygens (including phenoxy) is 1.